The van der Waals surface area contributed by atoms with Crippen LogP contribution in [0.1, 0.15) is 43.7 Å². The molecule has 1 aromatic carbocycles. The number of rotatable bonds is 5. The average molecular weight is 359 g/mol. The highest BCUT2D eigenvalue weighted by molar-refractivity contribution is 5.79. The molecule has 1 atom stereocenters. The summed E-state index contributed by atoms with van der Waals surface area (Å²) < 4.78 is 0. The zero-order valence-electron chi connectivity index (χ0n) is 15.5. The minimum Gasteiger partial charge on any atom is -0.481 e. The van der Waals surface area contributed by atoms with Crippen LogP contribution in [-0.2, 0) is 17.9 Å². The van der Waals surface area contributed by atoms with Crippen molar-refractivity contribution in [2.24, 2.45) is 5.41 Å². The zero-order chi connectivity index (χ0) is 18.6. The van der Waals surface area contributed by atoms with Gasteiger partial charge in [0, 0.05) is 26.2 Å². The van der Waals surface area contributed by atoms with Crippen molar-refractivity contribution in [1.82, 2.24) is 15.1 Å². The summed E-state index contributed by atoms with van der Waals surface area (Å²) in [5.41, 5.74) is 1.53. The molecule has 2 aliphatic heterocycles. The lowest BCUT2D eigenvalue weighted by Crippen LogP contribution is -2.40. The predicted octanol–water partition coefficient (Wildman–Crippen LogP) is 2.68. The number of carbonyl (C=O) groups is 2. The first-order valence-corrected chi connectivity index (χ1v) is 9.53. The third kappa shape index (κ3) is 4.55. The Labute approximate surface area is 155 Å². The molecule has 1 aromatic rings. The predicted molar refractivity (Wildman–Crippen MR) is 99.7 cm³/mol. The Bertz CT molecular complexity index is 640. The summed E-state index contributed by atoms with van der Waals surface area (Å²) in [6.07, 6.45) is 4.43. The molecule has 2 saturated heterocycles. The topological polar surface area (TPSA) is 72.9 Å². The van der Waals surface area contributed by atoms with E-state index in [-0.39, 0.29) is 12.6 Å². The lowest BCUT2D eigenvalue weighted by molar-refractivity contribution is -0.147. The fourth-order valence-corrected chi connectivity index (χ4v) is 3.74. The number of carbonyl (C=O) groups excluding carboxylic acids is 1. The lowest BCUT2D eigenvalue weighted by Gasteiger charge is -2.26. The van der Waals surface area contributed by atoms with Crippen LogP contribution in [0.5, 0.6) is 0 Å². The van der Waals surface area contributed by atoms with E-state index in [1.54, 1.807) is 11.8 Å². The van der Waals surface area contributed by atoms with Gasteiger partial charge in [-0.05, 0) is 50.4 Å². The summed E-state index contributed by atoms with van der Waals surface area (Å²) in [6, 6.07) is 8.20. The fourth-order valence-electron chi connectivity index (χ4n) is 3.74. The number of carboxylic acid groups (broad SMARTS) is 1. The van der Waals surface area contributed by atoms with Crippen LogP contribution in [0.3, 0.4) is 0 Å². The minimum absolute atomic E-state index is 0.188. The van der Waals surface area contributed by atoms with Crippen molar-refractivity contribution in [2.45, 2.75) is 45.7 Å². The SMILES string of the molecule is CC1(C(=O)O)CCN(C(=O)NCc2ccc(CN3CCCCC3)cc2)C1. The van der Waals surface area contributed by atoms with Crippen LogP contribution in [0.4, 0.5) is 4.79 Å². The largest absolute Gasteiger partial charge is 0.481 e. The third-order valence-corrected chi connectivity index (χ3v) is 5.60. The van der Waals surface area contributed by atoms with Gasteiger partial charge in [0.15, 0.2) is 0 Å². The maximum Gasteiger partial charge on any atom is 0.317 e. The number of amides is 2. The molecule has 6 heteroatoms. The third-order valence-electron chi connectivity index (χ3n) is 5.60. The molecule has 2 amide bonds. The highest BCUT2D eigenvalue weighted by Gasteiger charge is 2.42. The van der Waals surface area contributed by atoms with Gasteiger partial charge >= 0.3 is 12.0 Å². The standard InChI is InChI=1S/C20H29N3O3/c1-20(18(24)25)9-12-23(15-20)19(26)21-13-16-5-7-17(8-6-16)14-22-10-3-2-4-11-22/h5-8H,2-4,9-15H2,1H3,(H,21,26)(H,24,25). The van der Waals surface area contributed by atoms with E-state index in [1.807, 2.05) is 0 Å². The molecule has 0 saturated carbocycles. The smallest absolute Gasteiger partial charge is 0.317 e. The molecule has 0 aromatic heterocycles. The maximum absolute atomic E-state index is 12.3. The van der Waals surface area contributed by atoms with Gasteiger partial charge in [-0.25, -0.2) is 4.79 Å². The summed E-state index contributed by atoms with van der Waals surface area (Å²) in [4.78, 5) is 27.6. The number of urea groups is 1. The molecule has 6 nitrogen and oxygen atoms in total. The summed E-state index contributed by atoms with van der Waals surface area (Å²) in [6.45, 7) is 6.28. The summed E-state index contributed by atoms with van der Waals surface area (Å²) in [5, 5.41) is 12.2. The van der Waals surface area contributed by atoms with Crippen LogP contribution in [0.25, 0.3) is 0 Å². The molecule has 2 heterocycles. The second-order valence-corrected chi connectivity index (χ2v) is 7.85. The number of piperidine rings is 1. The fraction of sp³-hybridized carbons (Fsp3) is 0.600. The summed E-state index contributed by atoms with van der Waals surface area (Å²) >= 11 is 0. The van der Waals surface area contributed by atoms with Crippen molar-refractivity contribution >= 4 is 12.0 Å². The van der Waals surface area contributed by atoms with Crippen molar-refractivity contribution in [3.05, 3.63) is 35.4 Å². The number of hydrogen-bond donors (Lipinski definition) is 2. The zero-order valence-corrected chi connectivity index (χ0v) is 15.5. The first-order chi connectivity index (χ1) is 12.5. The van der Waals surface area contributed by atoms with E-state index >= 15 is 0 Å². The first kappa shape index (κ1) is 18.7. The van der Waals surface area contributed by atoms with E-state index in [4.69, 9.17) is 0 Å². The summed E-state index contributed by atoms with van der Waals surface area (Å²) in [7, 11) is 0. The second-order valence-electron chi connectivity index (χ2n) is 7.85. The van der Waals surface area contributed by atoms with Crippen LogP contribution in [0, 0.1) is 5.41 Å². The monoisotopic (exact) mass is 359 g/mol. The molecule has 0 radical (unpaired) electrons. The highest BCUT2D eigenvalue weighted by atomic mass is 16.4. The van der Waals surface area contributed by atoms with E-state index in [2.05, 4.69) is 34.5 Å². The Balaban J connectivity index is 1.46. The molecule has 1 unspecified atom stereocenters. The molecule has 3 rings (SSSR count). The Morgan fingerprint density at radius 3 is 2.35 bits per heavy atom. The van der Waals surface area contributed by atoms with Crippen molar-refractivity contribution in [3.63, 3.8) is 0 Å². The molecular weight excluding hydrogens is 330 g/mol. The van der Waals surface area contributed by atoms with Crippen molar-refractivity contribution in [2.75, 3.05) is 26.2 Å². The first-order valence-electron chi connectivity index (χ1n) is 9.53. The molecule has 2 N–H and O–H groups in total. The molecule has 0 bridgehead atoms. The van der Waals surface area contributed by atoms with Crippen LogP contribution >= 0.6 is 0 Å². The molecule has 26 heavy (non-hydrogen) atoms. The number of nitrogens with one attached hydrogen (secondary N) is 1. The van der Waals surface area contributed by atoms with Gasteiger partial charge in [-0.3, -0.25) is 9.69 Å². The van der Waals surface area contributed by atoms with Gasteiger partial charge in [-0.15, -0.1) is 0 Å². The number of carboxylic acids is 1. The van der Waals surface area contributed by atoms with Gasteiger partial charge in [0.05, 0.1) is 5.41 Å². The minimum atomic E-state index is -0.836. The number of likely N-dealkylation sites (tertiary alicyclic amines) is 2. The Morgan fingerprint density at radius 2 is 1.73 bits per heavy atom. The van der Waals surface area contributed by atoms with E-state index in [9.17, 15) is 14.7 Å². The number of nitrogens with zero attached hydrogens (tertiary/aromatic N) is 2. The quantitative estimate of drug-likeness (QED) is 0.848. The van der Waals surface area contributed by atoms with Crippen molar-refractivity contribution in [1.29, 1.82) is 0 Å². The molecule has 0 spiro atoms. The summed E-state index contributed by atoms with van der Waals surface area (Å²) in [5.74, 6) is -0.836. The van der Waals surface area contributed by atoms with Crippen LogP contribution in [-0.4, -0.2) is 53.1 Å². The molecule has 2 aliphatic rings. The van der Waals surface area contributed by atoms with Gasteiger partial charge in [0.1, 0.15) is 0 Å². The highest BCUT2D eigenvalue weighted by Crippen LogP contribution is 2.30. The molecule has 0 aliphatic carbocycles. The van der Waals surface area contributed by atoms with Gasteiger partial charge in [-0.1, -0.05) is 30.7 Å². The van der Waals surface area contributed by atoms with E-state index in [0.717, 1.165) is 12.1 Å². The molecule has 2 fully saturated rings. The Morgan fingerprint density at radius 1 is 1.08 bits per heavy atom. The van der Waals surface area contributed by atoms with E-state index in [0.29, 0.717) is 19.5 Å². The molecular formula is C20H29N3O3. The van der Waals surface area contributed by atoms with Crippen LogP contribution in [0.2, 0.25) is 0 Å². The van der Waals surface area contributed by atoms with Gasteiger partial charge in [0.2, 0.25) is 0 Å². The van der Waals surface area contributed by atoms with E-state index < -0.39 is 11.4 Å². The maximum atomic E-state index is 12.3. The van der Waals surface area contributed by atoms with E-state index in [1.165, 1.54) is 37.9 Å². The average Bonchev–Trinajstić information content (AvgIpc) is 3.06. The van der Waals surface area contributed by atoms with Crippen molar-refractivity contribution in [3.8, 4) is 0 Å². The Hall–Kier alpha value is -2.08. The molecule has 142 valence electrons. The number of aliphatic carboxylic acids is 1. The van der Waals surface area contributed by atoms with Gasteiger partial charge < -0.3 is 15.3 Å². The number of benzene rings is 1. The lowest BCUT2D eigenvalue weighted by atomic mass is 9.90. The van der Waals surface area contributed by atoms with Crippen LogP contribution < -0.4 is 5.32 Å². The Kier molecular flexibility index (Phi) is 5.81. The normalized spacial score (nSPS) is 23.8. The number of hydrogen-bond acceptors (Lipinski definition) is 3. The van der Waals surface area contributed by atoms with Crippen LogP contribution in [0.15, 0.2) is 24.3 Å². The van der Waals surface area contributed by atoms with Gasteiger partial charge in [-0.2, -0.15) is 0 Å². The van der Waals surface area contributed by atoms with Gasteiger partial charge in [0.25, 0.3) is 0 Å². The second kappa shape index (κ2) is 8.08. The van der Waals surface area contributed by atoms with Crippen molar-refractivity contribution < 1.29 is 14.7 Å².